The number of aryl methyl sites for hydroxylation is 2. The van der Waals surface area contributed by atoms with Crippen LogP contribution >= 0.6 is 0 Å². The zero-order valence-electron chi connectivity index (χ0n) is 13.1. The van der Waals surface area contributed by atoms with Gasteiger partial charge in [0.1, 0.15) is 11.5 Å². The van der Waals surface area contributed by atoms with Gasteiger partial charge in [0, 0.05) is 24.2 Å². The molecule has 1 aliphatic rings. The van der Waals surface area contributed by atoms with E-state index in [4.69, 9.17) is 4.42 Å². The van der Waals surface area contributed by atoms with E-state index in [9.17, 15) is 0 Å². The summed E-state index contributed by atoms with van der Waals surface area (Å²) in [5, 5.41) is 7.29. The standard InChI is InChI=1S/C18H24N2O/c1-12-10-17(14(3)21-12)13(2)20-18-8-9-19-11-15-6-4-5-7-16(15)18/h4-7,10,13,18-20H,8-9,11H2,1-3H3. The summed E-state index contributed by atoms with van der Waals surface area (Å²) in [7, 11) is 0. The number of nitrogens with one attached hydrogen (secondary N) is 2. The Morgan fingerprint density at radius 1 is 1.29 bits per heavy atom. The Bertz CT molecular complexity index is 617. The zero-order valence-corrected chi connectivity index (χ0v) is 13.1. The van der Waals surface area contributed by atoms with Crippen molar-refractivity contribution >= 4 is 0 Å². The van der Waals surface area contributed by atoms with Crippen molar-refractivity contribution in [1.82, 2.24) is 10.6 Å². The fourth-order valence-corrected chi connectivity index (χ4v) is 3.31. The quantitative estimate of drug-likeness (QED) is 0.900. The Hall–Kier alpha value is -1.58. The van der Waals surface area contributed by atoms with Crippen molar-refractivity contribution in [3.63, 3.8) is 0 Å². The van der Waals surface area contributed by atoms with Crippen molar-refractivity contribution in [3.8, 4) is 0 Å². The van der Waals surface area contributed by atoms with Crippen LogP contribution in [0.25, 0.3) is 0 Å². The van der Waals surface area contributed by atoms with Gasteiger partial charge in [0.2, 0.25) is 0 Å². The van der Waals surface area contributed by atoms with Gasteiger partial charge in [-0.2, -0.15) is 0 Å². The second-order valence-electron chi connectivity index (χ2n) is 5.97. The van der Waals surface area contributed by atoms with E-state index < -0.39 is 0 Å². The molecule has 21 heavy (non-hydrogen) atoms. The minimum Gasteiger partial charge on any atom is -0.466 e. The predicted molar refractivity (Wildman–Crippen MR) is 85.2 cm³/mol. The van der Waals surface area contributed by atoms with Gasteiger partial charge in [0.05, 0.1) is 0 Å². The van der Waals surface area contributed by atoms with Crippen LogP contribution in [0, 0.1) is 13.8 Å². The highest BCUT2D eigenvalue weighted by atomic mass is 16.3. The molecule has 2 aromatic rings. The lowest BCUT2D eigenvalue weighted by Crippen LogP contribution is -2.26. The second kappa shape index (κ2) is 6.04. The average Bonchev–Trinajstić information content (AvgIpc) is 2.69. The van der Waals surface area contributed by atoms with Crippen molar-refractivity contribution in [2.24, 2.45) is 0 Å². The van der Waals surface area contributed by atoms with E-state index in [2.05, 4.69) is 47.9 Å². The normalized spacial score (nSPS) is 19.9. The lowest BCUT2D eigenvalue weighted by Gasteiger charge is -2.23. The Morgan fingerprint density at radius 3 is 2.86 bits per heavy atom. The molecular weight excluding hydrogens is 260 g/mol. The highest BCUT2D eigenvalue weighted by Crippen LogP contribution is 2.28. The van der Waals surface area contributed by atoms with E-state index in [1.807, 2.05) is 13.8 Å². The molecule has 0 saturated heterocycles. The predicted octanol–water partition coefficient (Wildman–Crippen LogP) is 3.78. The van der Waals surface area contributed by atoms with Gasteiger partial charge in [0.25, 0.3) is 0 Å². The lowest BCUT2D eigenvalue weighted by molar-refractivity contribution is 0.434. The summed E-state index contributed by atoms with van der Waals surface area (Å²) in [6.07, 6.45) is 1.11. The summed E-state index contributed by atoms with van der Waals surface area (Å²) in [6.45, 7) is 8.28. The summed E-state index contributed by atoms with van der Waals surface area (Å²) in [5.74, 6) is 2.01. The van der Waals surface area contributed by atoms with Gasteiger partial charge in [-0.05, 0) is 50.9 Å². The molecule has 2 unspecified atom stereocenters. The summed E-state index contributed by atoms with van der Waals surface area (Å²) in [6, 6.07) is 11.6. The van der Waals surface area contributed by atoms with Crippen LogP contribution in [-0.4, -0.2) is 6.54 Å². The summed E-state index contributed by atoms with van der Waals surface area (Å²) in [4.78, 5) is 0. The molecule has 1 aromatic heterocycles. The van der Waals surface area contributed by atoms with Gasteiger partial charge in [-0.25, -0.2) is 0 Å². The zero-order chi connectivity index (χ0) is 14.8. The fourth-order valence-electron chi connectivity index (χ4n) is 3.31. The monoisotopic (exact) mass is 284 g/mol. The van der Waals surface area contributed by atoms with Crippen LogP contribution in [0.4, 0.5) is 0 Å². The Labute approximate surface area is 126 Å². The van der Waals surface area contributed by atoms with Gasteiger partial charge in [-0.15, -0.1) is 0 Å². The SMILES string of the molecule is Cc1cc(C(C)NC2CCNCc3ccccc32)c(C)o1. The van der Waals surface area contributed by atoms with Gasteiger partial charge < -0.3 is 15.1 Å². The third-order valence-electron chi connectivity index (χ3n) is 4.35. The van der Waals surface area contributed by atoms with Crippen LogP contribution in [-0.2, 0) is 6.54 Å². The first-order valence-corrected chi connectivity index (χ1v) is 7.76. The van der Waals surface area contributed by atoms with Crippen LogP contribution in [0.3, 0.4) is 0 Å². The summed E-state index contributed by atoms with van der Waals surface area (Å²) < 4.78 is 5.67. The smallest absolute Gasteiger partial charge is 0.105 e. The molecule has 3 heteroatoms. The third-order valence-corrected chi connectivity index (χ3v) is 4.35. The van der Waals surface area contributed by atoms with Crippen molar-refractivity contribution in [2.75, 3.05) is 6.54 Å². The number of hydrogen-bond acceptors (Lipinski definition) is 3. The van der Waals surface area contributed by atoms with Crippen LogP contribution < -0.4 is 10.6 Å². The Morgan fingerprint density at radius 2 is 2.10 bits per heavy atom. The summed E-state index contributed by atoms with van der Waals surface area (Å²) in [5.41, 5.74) is 4.09. The highest BCUT2D eigenvalue weighted by molar-refractivity contribution is 5.32. The van der Waals surface area contributed by atoms with E-state index >= 15 is 0 Å². The largest absolute Gasteiger partial charge is 0.466 e. The maximum Gasteiger partial charge on any atom is 0.105 e. The topological polar surface area (TPSA) is 37.2 Å². The molecule has 2 N–H and O–H groups in total. The first kappa shape index (κ1) is 14.4. The highest BCUT2D eigenvalue weighted by Gasteiger charge is 2.21. The molecule has 3 nitrogen and oxygen atoms in total. The molecule has 0 saturated carbocycles. The molecule has 1 aromatic carbocycles. The molecule has 2 atom stereocenters. The van der Waals surface area contributed by atoms with Crippen LogP contribution in [0.2, 0.25) is 0 Å². The van der Waals surface area contributed by atoms with Crippen LogP contribution in [0.5, 0.6) is 0 Å². The Kier molecular flexibility index (Phi) is 4.13. The molecule has 0 aliphatic carbocycles. The number of benzene rings is 1. The fraction of sp³-hybridized carbons (Fsp3) is 0.444. The molecule has 3 rings (SSSR count). The third kappa shape index (κ3) is 3.04. The number of rotatable bonds is 3. The van der Waals surface area contributed by atoms with E-state index in [-0.39, 0.29) is 0 Å². The minimum absolute atomic E-state index is 0.290. The molecule has 1 aliphatic heterocycles. The van der Waals surface area contributed by atoms with Crippen molar-refractivity contribution in [2.45, 2.75) is 45.8 Å². The van der Waals surface area contributed by atoms with E-state index in [1.54, 1.807) is 0 Å². The van der Waals surface area contributed by atoms with E-state index in [0.29, 0.717) is 12.1 Å². The van der Waals surface area contributed by atoms with Gasteiger partial charge in [-0.3, -0.25) is 0 Å². The minimum atomic E-state index is 0.290. The molecule has 0 bridgehead atoms. The molecule has 2 heterocycles. The first-order valence-electron chi connectivity index (χ1n) is 7.76. The second-order valence-corrected chi connectivity index (χ2v) is 5.97. The van der Waals surface area contributed by atoms with Crippen molar-refractivity contribution in [3.05, 3.63) is 58.5 Å². The molecule has 112 valence electrons. The maximum atomic E-state index is 5.67. The maximum absolute atomic E-state index is 5.67. The molecule has 0 fully saturated rings. The summed E-state index contributed by atoms with van der Waals surface area (Å²) >= 11 is 0. The molecule has 0 radical (unpaired) electrons. The van der Waals surface area contributed by atoms with Gasteiger partial charge in [0.15, 0.2) is 0 Å². The van der Waals surface area contributed by atoms with Crippen molar-refractivity contribution in [1.29, 1.82) is 0 Å². The van der Waals surface area contributed by atoms with Crippen LogP contribution in [0.15, 0.2) is 34.7 Å². The Balaban J connectivity index is 1.82. The van der Waals surface area contributed by atoms with Gasteiger partial charge in [-0.1, -0.05) is 24.3 Å². The molecule has 0 amide bonds. The van der Waals surface area contributed by atoms with Crippen molar-refractivity contribution < 1.29 is 4.42 Å². The lowest BCUT2D eigenvalue weighted by atomic mass is 9.97. The number of hydrogen-bond donors (Lipinski definition) is 2. The number of furan rings is 1. The molecule has 0 spiro atoms. The van der Waals surface area contributed by atoms with E-state index in [0.717, 1.165) is 31.0 Å². The van der Waals surface area contributed by atoms with Crippen LogP contribution in [0.1, 0.15) is 53.6 Å². The number of fused-ring (bicyclic) bond motifs is 1. The first-order chi connectivity index (χ1) is 10.1. The van der Waals surface area contributed by atoms with Gasteiger partial charge >= 0.3 is 0 Å². The molecular formula is C18H24N2O. The average molecular weight is 284 g/mol. The van der Waals surface area contributed by atoms with E-state index in [1.165, 1.54) is 16.7 Å².